The molecule has 0 unspecified atom stereocenters. The molecule has 0 aromatic carbocycles. The first-order valence-electron chi connectivity index (χ1n) is 8.39. The fraction of sp³-hybridized carbons (Fsp3) is 0.529. The number of amides is 1. The summed E-state index contributed by atoms with van der Waals surface area (Å²) in [7, 11) is 3.10. The predicted molar refractivity (Wildman–Crippen MR) is 101 cm³/mol. The van der Waals surface area contributed by atoms with Crippen molar-refractivity contribution in [1.82, 2.24) is 19.8 Å². The molecular formula is C17H24N4O4S. The highest BCUT2D eigenvalue weighted by Gasteiger charge is 2.20. The molecule has 0 aliphatic rings. The van der Waals surface area contributed by atoms with Crippen LogP contribution < -0.4 is 5.56 Å². The Morgan fingerprint density at radius 1 is 1.27 bits per heavy atom. The molecule has 142 valence electrons. The van der Waals surface area contributed by atoms with Gasteiger partial charge in [0.05, 0.1) is 25.6 Å². The quantitative estimate of drug-likeness (QED) is 0.729. The molecule has 9 heteroatoms. The van der Waals surface area contributed by atoms with Crippen LogP contribution in [-0.2, 0) is 16.1 Å². The number of thiophene rings is 1. The van der Waals surface area contributed by atoms with Gasteiger partial charge in [0.2, 0.25) is 5.91 Å². The Labute approximate surface area is 155 Å². The van der Waals surface area contributed by atoms with E-state index in [1.165, 1.54) is 7.11 Å². The third-order valence-electron chi connectivity index (χ3n) is 4.16. The maximum atomic E-state index is 12.4. The third-order valence-corrected chi connectivity index (χ3v) is 5.33. The van der Waals surface area contributed by atoms with Crippen molar-refractivity contribution in [2.24, 2.45) is 0 Å². The smallest absolute Gasteiger partial charge is 0.348 e. The summed E-state index contributed by atoms with van der Waals surface area (Å²) in [6, 6.07) is 0. The Kier molecular flexibility index (Phi) is 6.49. The van der Waals surface area contributed by atoms with Gasteiger partial charge in [0.1, 0.15) is 15.5 Å². The van der Waals surface area contributed by atoms with Gasteiger partial charge in [0.15, 0.2) is 0 Å². The standard InChI is InChI=1S/C17H24N4O4S/c1-6-21(7-2)12(22)9-20(4)8-11-18-15(23)13-10(3)14(17(24)25-5)26-16(13)19-11/h6-9H2,1-5H3,(H,18,19,23). The van der Waals surface area contributed by atoms with E-state index in [4.69, 9.17) is 4.74 Å². The largest absolute Gasteiger partial charge is 0.465 e. The van der Waals surface area contributed by atoms with Gasteiger partial charge in [0.25, 0.3) is 5.56 Å². The first-order chi connectivity index (χ1) is 12.3. The molecule has 0 atom stereocenters. The lowest BCUT2D eigenvalue weighted by molar-refractivity contribution is -0.131. The molecule has 0 saturated carbocycles. The molecule has 26 heavy (non-hydrogen) atoms. The monoisotopic (exact) mass is 380 g/mol. The van der Waals surface area contributed by atoms with Crippen LogP contribution in [0.1, 0.15) is 34.9 Å². The van der Waals surface area contributed by atoms with Gasteiger partial charge in [-0.2, -0.15) is 0 Å². The number of H-pyrrole nitrogens is 1. The number of ether oxygens (including phenoxy) is 1. The number of rotatable bonds is 7. The van der Waals surface area contributed by atoms with Gasteiger partial charge in [-0.15, -0.1) is 11.3 Å². The Morgan fingerprint density at radius 2 is 1.92 bits per heavy atom. The summed E-state index contributed by atoms with van der Waals surface area (Å²) in [5.41, 5.74) is 0.277. The molecule has 0 aliphatic heterocycles. The molecule has 0 bridgehead atoms. The van der Waals surface area contributed by atoms with Crippen molar-refractivity contribution in [2.45, 2.75) is 27.3 Å². The lowest BCUT2D eigenvalue weighted by atomic mass is 10.2. The Balaban J connectivity index is 2.24. The molecular weight excluding hydrogens is 356 g/mol. The van der Waals surface area contributed by atoms with E-state index in [-0.39, 0.29) is 18.0 Å². The Bertz CT molecular complexity index is 870. The summed E-state index contributed by atoms with van der Waals surface area (Å²) >= 11 is 1.14. The second-order valence-corrected chi connectivity index (χ2v) is 6.98. The molecule has 2 heterocycles. The SMILES string of the molecule is CCN(CC)C(=O)CN(C)Cc1nc2sc(C(=O)OC)c(C)c2c(=O)[nH]1. The number of aromatic nitrogens is 2. The molecule has 0 fully saturated rings. The van der Waals surface area contributed by atoms with Crippen LogP contribution in [-0.4, -0.2) is 65.4 Å². The molecule has 0 radical (unpaired) electrons. The number of hydrogen-bond acceptors (Lipinski definition) is 7. The lowest BCUT2D eigenvalue weighted by Gasteiger charge is -2.22. The summed E-state index contributed by atoms with van der Waals surface area (Å²) in [6.07, 6.45) is 0. The number of hydrogen-bond donors (Lipinski definition) is 1. The molecule has 0 spiro atoms. The van der Waals surface area contributed by atoms with Gasteiger partial charge in [-0.3, -0.25) is 14.5 Å². The average Bonchev–Trinajstić information content (AvgIpc) is 2.92. The van der Waals surface area contributed by atoms with Crippen LogP contribution in [0.2, 0.25) is 0 Å². The number of likely N-dealkylation sites (N-methyl/N-ethyl adjacent to an activating group) is 2. The minimum absolute atomic E-state index is 0.0286. The maximum Gasteiger partial charge on any atom is 0.348 e. The Hall–Kier alpha value is -2.26. The number of nitrogens with zero attached hydrogens (tertiary/aromatic N) is 3. The van der Waals surface area contributed by atoms with Gasteiger partial charge >= 0.3 is 5.97 Å². The first kappa shape index (κ1) is 20.1. The topological polar surface area (TPSA) is 95.6 Å². The Morgan fingerprint density at radius 3 is 2.50 bits per heavy atom. The third kappa shape index (κ3) is 4.10. The number of esters is 1. The van der Waals surface area contributed by atoms with Gasteiger partial charge in [-0.05, 0) is 33.4 Å². The second-order valence-electron chi connectivity index (χ2n) is 5.98. The highest BCUT2D eigenvalue weighted by atomic mass is 32.1. The lowest BCUT2D eigenvalue weighted by Crippen LogP contribution is -2.38. The van der Waals surface area contributed by atoms with Crippen LogP contribution in [0.4, 0.5) is 0 Å². The number of nitrogens with one attached hydrogen (secondary N) is 1. The van der Waals surface area contributed by atoms with Gasteiger partial charge < -0.3 is 14.6 Å². The summed E-state index contributed by atoms with van der Waals surface area (Å²) < 4.78 is 4.75. The van der Waals surface area contributed by atoms with Crippen LogP contribution in [0.15, 0.2) is 4.79 Å². The zero-order chi connectivity index (χ0) is 19.4. The van der Waals surface area contributed by atoms with Crippen molar-refractivity contribution < 1.29 is 14.3 Å². The molecule has 2 rings (SSSR count). The number of methoxy groups -OCH3 is 1. The normalized spacial score (nSPS) is 11.2. The van der Waals surface area contributed by atoms with Gasteiger partial charge in [-0.1, -0.05) is 0 Å². The van der Waals surface area contributed by atoms with Crippen LogP contribution in [0.5, 0.6) is 0 Å². The van der Waals surface area contributed by atoms with E-state index in [1.807, 2.05) is 13.8 Å². The summed E-state index contributed by atoms with van der Waals surface area (Å²) in [4.78, 5) is 48.0. The molecule has 0 aliphatic carbocycles. The van der Waals surface area contributed by atoms with Crippen molar-refractivity contribution in [2.75, 3.05) is 33.8 Å². The van der Waals surface area contributed by atoms with Gasteiger partial charge in [-0.25, -0.2) is 9.78 Å². The maximum absolute atomic E-state index is 12.4. The van der Waals surface area contributed by atoms with Crippen molar-refractivity contribution in [1.29, 1.82) is 0 Å². The summed E-state index contributed by atoms with van der Waals surface area (Å²) in [5.74, 6) is 0.00395. The number of carbonyl (C=O) groups is 2. The van der Waals surface area contributed by atoms with Gasteiger partial charge in [0, 0.05) is 13.1 Å². The molecule has 1 N–H and O–H groups in total. The zero-order valence-corrected chi connectivity index (χ0v) is 16.5. The van der Waals surface area contributed by atoms with Crippen LogP contribution in [0.25, 0.3) is 10.2 Å². The predicted octanol–water partition coefficient (Wildman–Crippen LogP) is 1.38. The number of aryl methyl sites for hydroxylation is 1. The zero-order valence-electron chi connectivity index (χ0n) is 15.7. The van der Waals surface area contributed by atoms with Crippen molar-refractivity contribution >= 4 is 33.4 Å². The number of carbonyl (C=O) groups excluding carboxylic acids is 2. The molecule has 8 nitrogen and oxygen atoms in total. The van der Waals surface area contributed by atoms with Crippen molar-refractivity contribution in [3.05, 3.63) is 26.6 Å². The van der Waals surface area contributed by atoms with E-state index in [2.05, 4.69) is 9.97 Å². The molecule has 1 amide bonds. The second kappa shape index (κ2) is 8.41. The van der Waals surface area contributed by atoms with Crippen LogP contribution in [0, 0.1) is 6.92 Å². The minimum atomic E-state index is -0.478. The van der Waals surface area contributed by atoms with E-state index in [0.717, 1.165) is 11.3 Å². The highest BCUT2D eigenvalue weighted by Crippen LogP contribution is 2.27. The summed E-state index contributed by atoms with van der Waals surface area (Å²) in [5, 5.41) is 0.404. The number of fused-ring (bicyclic) bond motifs is 1. The van der Waals surface area contributed by atoms with E-state index >= 15 is 0 Å². The van der Waals surface area contributed by atoms with E-state index in [1.54, 1.807) is 23.8 Å². The van der Waals surface area contributed by atoms with E-state index < -0.39 is 5.97 Å². The van der Waals surface area contributed by atoms with Crippen molar-refractivity contribution in [3.63, 3.8) is 0 Å². The minimum Gasteiger partial charge on any atom is -0.465 e. The molecule has 2 aromatic rings. The van der Waals surface area contributed by atoms with Crippen LogP contribution >= 0.6 is 11.3 Å². The molecule has 0 saturated heterocycles. The molecule has 2 aromatic heterocycles. The van der Waals surface area contributed by atoms with Crippen LogP contribution in [0.3, 0.4) is 0 Å². The van der Waals surface area contributed by atoms with Crippen molar-refractivity contribution in [3.8, 4) is 0 Å². The first-order valence-corrected chi connectivity index (χ1v) is 9.20. The fourth-order valence-corrected chi connectivity index (χ4v) is 3.89. The highest BCUT2D eigenvalue weighted by molar-refractivity contribution is 7.20. The fourth-order valence-electron chi connectivity index (χ4n) is 2.77. The summed E-state index contributed by atoms with van der Waals surface area (Å²) in [6.45, 7) is 7.46. The van der Waals surface area contributed by atoms with E-state index in [0.29, 0.717) is 46.1 Å². The number of aromatic amines is 1. The van der Waals surface area contributed by atoms with E-state index in [9.17, 15) is 14.4 Å². The average molecular weight is 380 g/mol.